The van der Waals surface area contributed by atoms with Crippen molar-refractivity contribution in [3.05, 3.63) is 29.8 Å². The first-order valence-electron chi connectivity index (χ1n) is 5.24. The number of hydrogen-bond acceptors (Lipinski definition) is 3. The summed E-state index contributed by atoms with van der Waals surface area (Å²) in [7, 11) is 3.60. The number of hydrazine groups is 1. The average Bonchev–Trinajstić information content (AvgIpc) is 2.16. The molecule has 0 fully saturated rings. The minimum absolute atomic E-state index is 0.0613. The number of carbonyl (C=O) groups excluding carboxylic acids is 1. The molecular weight excluding hydrogens is 220 g/mol. The molecule has 1 amide bonds. The first kappa shape index (κ1) is 13.1. The van der Waals surface area contributed by atoms with E-state index >= 15 is 0 Å². The Morgan fingerprint density at radius 1 is 1.31 bits per heavy atom. The molecule has 16 heavy (non-hydrogen) atoms. The molecule has 0 bridgehead atoms. The van der Waals surface area contributed by atoms with Gasteiger partial charge in [-0.05, 0) is 12.1 Å². The maximum Gasteiger partial charge on any atom is 0.266 e. The molecule has 0 aromatic heterocycles. The standard InChI is InChI=1S/C12H18N2OS/c1-9(2)16-11-8-6-5-7-10(11)12(15)13-14(3)4/h5-9H,1-4H3,(H,13,15). The molecule has 1 aromatic carbocycles. The van der Waals surface area contributed by atoms with Gasteiger partial charge in [0.25, 0.3) is 5.91 Å². The van der Waals surface area contributed by atoms with Gasteiger partial charge in [-0.25, -0.2) is 5.01 Å². The Labute approximate surface area is 101 Å². The Kier molecular flexibility index (Phi) is 4.83. The second-order valence-corrected chi connectivity index (χ2v) is 5.62. The van der Waals surface area contributed by atoms with Crippen LogP contribution in [0.5, 0.6) is 0 Å². The van der Waals surface area contributed by atoms with Crippen LogP contribution in [0.15, 0.2) is 29.2 Å². The van der Waals surface area contributed by atoms with Crippen LogP contribution < -0.4 is 5.43 Å². The summed E-state index contributed by atoms with van der Waals surface area (Å²) in [5.41, 5.74) is 3.49. The predicted octanol–water partition coefficient (Wildman–Crippen LogP) is 2.39. The highest BCUT2D eigenvalue weighted by atomic mass is 32.2. The van der Waals surface area contributed by atoms with Gasteiger partial charge in [-0.2, -0.15) is 0 Å². The second kappa shape index (κ2) is 5.92. The number of carbonyl (C=O) groups is 1. The van der Waals surface area contributed by atoms with Crippen molar-refractivity contribution in [3.63, 3.8) is 0 Å². The summed E-state index contributed by atoms with van der Waals surface area (Å²) >= 11 is 1.70. The van der Waals surface area contributed by atoms with Crippen LogP contribution in [-0.2, 0) is 0 Å². The average molecular weight is 238 g/mol. The fraction of sp³-hybridized carbons (Fsp3) is 0.417. The van der Waals surface area contributed by atoms with Crippen LogP contribution in [0.2, 0.25) is 0 Å². The molecule has 0 aliphatic carbocycles. The minimum Gasteiger partial charge on any atom is -0.285 e. The van der Waals surface area contributed by atoms with Gasteiger partial charge in [-0.15, -0.1) is 11.8 Å². The van der Waals surface area contributed by atoms with E-state index < -0.39 is 0 Å². The highest BCUT2D eigenvalue weighted by molar-refractivity contribution is 8.00. The van der Waals surface area contributed by atoms with Gasteiger partial charge >= 0.3 is 0 Å². The Morgan fingerprint density at radius 3 is 2.50 bits per heavy atom. The number of nitrogens with zero attached hydrogens (tertiary/aromatic N) is 1. The van der Waals surface area contributed by atoms with E-state index in [2.05, 4.69) is 19.3 Å². The van der Waals surface area contributed by atoms with Crippen LogP contribution >= 0.6 is 11.8 Å². The van der Waals surface area contributed by atoms with Gasteiger partial charge in [-0.3, -0.25) is 10.2 Å². The molecule has 0 saturated carbocycles. The van der Waals surface area contributed by atoms with E-state index in [-0.39, 0.29) is 5.91 Å². The third-order valence-electron chi connectivity index (χ3n) is 1.82. The molecular formula is C12H18N2OS. The number of thioether (sulfide) groups is 1. The fourth-order valence-electron chi connectivity index (χ4n) is 1.27. The van der Waals surface area contributed by atoms with Gasteiger partial charge in [0.1, 0.15) is 0 Å². The number of nitrogens with one attached hydrogen (secondary N) is 1. The zero-order valence-electron chi connectivity index (χ0n) is 10.2. The molecule has 3 nitrogen and oxygen atoms in total. The molecule has 0 atom stereocenters. The van der Waals surface area contributed by atoms with E-state index in [0.717, 1.165) is 10.5 Å². The molecule has 4 heteroatoms. The quantitative estimate of drug-likeness (QED) is 0.646. The van der Waals surface area contributed by atoms with E-state index in [4.69, 9.17) is 0 Å². The van der Waals surface area contributed by atoms with Crippen LogP contribution in [0.25, 0.3) is 0 Å². The normalized spacial score (nSPS) is 10.9. The first-order chi connectivity index (χ1) is 7.50. The highest BCUT2D eigenvalue weighted by Crippen LogP contribution is 2.26. The van der Waals surface area contributed by atoms with Gasteiger partial charge in [0, 0.05) is 24.2 Å². The van der Waals surface area contributed by atoms with Crippen molar-refractivity contribution in [1.29, 1.82) is 0 Å². The summed E-state index contributed by atoms with van der Waals surface area (Å²) in [6.07, 6.45) is 0. The second-order valence-electron chi connectivity index (χ2n) is 4.00. The molecule has 0 heterocycles. The highest BCUT2D eigenvalue weighted by Gasteiger charge is 2.12. The van der Waals surface area contributed by atoms with E-state index in [1.807, 2.05) is 24.3 Å². The zero-order valence-corrected chi connectivity index (χ0v) is 11.0. The maximum atomic E-state index is 11.9. The zero-order chi connectivity index (χ0) is 12.1. The number of hydrogen-bond donors (Lipinski definition) is 1. The Hall–Kier alpha value is -1.00. The van der Waals surface area contributed by atoms with Crippen LogP contribution in [0, 0.1) is 0 Å². The third kappa shape index (κ3) is 3.87. The number of amides is 1. The van der Waals surface area contributed by atoms with Crippen LogP contribution in [0.4, 0.5) is 0 Å². The summed E-state index contributed by atoms with van der Waals surface area (Å²) in [6, 6.07) is 7.67. The molecule has 0 spiro atoms. The van der Waals surface area contributed by atoms with E-state index in [0.29, 0.717) is 5.25 Å². The summed E-state index contributed by atoms with van der Waals surface area (Å²) in [5, 5.41) is 2.12. The molecule has 0 aliphatic heterocycles. The van der Waals surface area contributed by atoms with Gasteiger partial charge in [0.15, 0.2) is 0 Å². The summed E-state index contributed by atoms with van der Waals surface area (Å²) in [4.78, 5) is 12.9. The summed E-state index contributed by atoms with van der Waals surface area (Å²) in [6.45, 7) is 4.23. The predicted molar refractivity (Wildman–Crippen MR) is 68.6 cm³/mol. The lowest BCUT2D eigenvalue weighted by molar-refractivity contribution is 0.0854. The van der Waals surface area contributed by atoms with E-state index in [1.54, 1.807) is 30.9 Å². The number of benzene rings is 1. The molecule has 0 saturated heterocycles. The largest absolute Gasteiger partial charge is 0.285 e. The van der Waals surface area contributed by atoms with Crippen molar-refractivity contribution in [2.75, 3.05) is 14.1 Å². The Balaban J connectivity index is 2.89. The lowest BCUT2D eigenvalue weighted by atomic mass is 10.2. The van der Waals surface area contributed by atoms with Crippen molar-refractivity contribution in [2.24, 2.45) is 0 Å². The van der Waals surface area contributed by atoms with Crippen molar-refractivity contribution >= 4 is 17.7 Å². The molecule has 0 radical (unpaired) electrons. The molecule has 88 valence electrons. The fourth-order valence-corrected chi connectivity index (χ4v) is 2.23. The summed E-state index contributed by atoms with van der Waals surface area (Å²) < 4.78 is 0. The maximum absolute atomic E-state index is 11.9. The van der Waals surface area contributed by atoms with Gasteiger partial charge in [0.2, 0.25) is 0 Å². The van der Waals surface area contributed by atoms with Crippen molar-refractivity contribution in [1.82, 2.24) is 10.4 Å². The van der Waals surface area contributed by atoms with Gasteiger partial charge in [0.05, 0.1) is 5.56 Å². The monoisotopic (exact) mass is 238 g/mol. The lowest BCUT2D eigenvalue weighted by Crippen LogP contribution is -2.36. The van der Waals surface area contributed by atoms with E-state index in [9.17, 15) is 4.79 Å². The van der Waals surface area contributed by atoms with Crippen LogP contribution in [-0.4, -0.2) is 30.3 Å². The van der Waals surface area contributed by atoms with Crippen LogP contribution in [0.1, 0.15) is 24.2 Å². The third-order valence-corrected chi connectivity index (χ3v) is 2.90. The lowest BCUT2D eigenvalue weighted by Gasteiger charge is -2.14. The van der Waals surface area contributed by atoms with Crippen LogP contribution in [0.3, 0.4) is 0 Å². The molecule has 1 N–H and O–H groups in total. The van der Waals surface area contributed by atoms with Gasteiger partial charge in [-0.1, -0.05) is 26.0 Å². The molecule has 1 aromatic rings. The topological polar surface area (TPSA) is 32.3 Å². The Bertz CT molecular complexity index is 364. The SMILES string of the molecule is CC(C)Sc1ccccc1C(=O)NN(C)C. The summed E-state index contributed by atoms with van der Waals surface area (Å²) in [5.74, 6) is -0.0613. The number of rotatable bonds is 4. The first-order valence-corrected chi connectivity index (χ1v) is 6.12. The van der Waals surface area contributed by atoms with Gasteiger partial charge < -0.3 is 0 Å². The van der Waals surface area contributed by atoms with E-state index in [1.165, 1.54) is 0 Å². The smallest absolute Gasteiger partial charge is 0.266 e. The van der Waals surface area contributed by atoms with Crippen molar-refractivity contribution < 1.29 is 4.79 Å². The minimum atomic E-state index is -0.0613. The molecule has 1 rings (SSSR count). The molecule has 0 unspecified atom stereocenters. The molecule has 0 aliphatic rings. The van der Waals surface area contributed by atoms with Crippen molar-refractivity contribution in [2.45, 2.75) is 24.0 Å². The van der Waals surface area contributed by atoms with Crippen molar-refractivity contribution in [3.8, 4) is 0 Å². The Morgan fingerprint density at radius 2 is 1.94 bits per heavy atom.